The van der Waals surface area contributed by atoms with Gasteiger partial charge in [0.25, 0.3) is 0 Å². The number of esters is 1. The Hall–Kier alpha value is -0.0400. The van der Waals surface area contributed by atoms with Crippen molar-refractivity contribution in [3.63, 3.8) is 0 Å². The highest BCUT2D eigenvalue weighted by molar-refractivity contribution is 14.1. The summed E-state index contributed by atoms with van der Waals surface area (Å²) >= 11 is 2.39. The van der Waals surface area contributed by atoms with Crippen molar-refractivity contribution in [1.82, 2.24) is 3.11 Å². The molecule has 2 spiro atoms. The summed E-state index contributed by atoms with van der Waals surface area (Å²) in [4.78, 5) is 12.1. The monoisotopic (exact) mass is 743 g/mol. The van der Waals surface area contributed by atoms with Gasteiger partial charge < -0.3 is 29.2 Å². The van der Waals surface area contributed by atoms with Crippen LogP contribution in [0, 0.1) is 50.7 Å². The van der Waals surface area contributed by atoms with Gasteiger partial charge >= 0.3 is 5.97 Å². The maximum atomic E-state index is 12.5. The minimum absolute atomic E-state index is 0.0425. The number of aliphatic hydroxyl groups excluding tert-OH is 1. The lowest BCUT2D eigenvalue weighted by atomic mass is 9.41. The van der Waals surface area contributed by atoms with E-state index in [-0.39, 0.29) is 52.0 Å². The van der Waals surface area contributed by atoms with Gasteiger partial charge in [0.05, 0.1) is 43.2 Å². The molecule has 0 aromatic rings. The Kier molecular flexibility index (Phi) is 7.98. The molecule has 5 saturated carbocycles. The lowest BCUT2D eigenvalue weighted by Crippen LogP contribution is -2.60. The number of fused-ring (bicyclic) bond motifs is 4. The van der Waals surface area contributed by atoms with Crippen LogP contribution >= 0.6 is 22.9 Å². The lowest BCUT2D eigenvalue weighted by Gasteiger charge is -2.64. The molecule has 8 unspecified atom stereocenters. The van der Waals surface area contributed by atoms with Gasteiger partial charge in [0, 0.05) is 41.7 Å². The topological polar surface area (TPSA) is 97.7 Å². The Labute approximate surface area is 284 Å². The zero-order valence-corrected chi connectivity index (χ0v) is 31.0. The fourth-order valence-corrected chi connectivity index (χ4v) is 14.0. The van der Waals surface area contributed by atoms with E-state index in [2.05, 4.69) is 60.6 Å². The predicted octanol–water partition coefficient (Wildman–Crippen LogP) is 5.90. The summed E-state index contributed by atoms with van der Waals surface area (Å²) in [6, 6.07) is 0. The average molecular weight is 744 g/mol. The Morgan fingerprint density at radius 3 is 2.42 bits per heavy atom. The summed E-state index contributed by atoms with van der Waals surface area (Å²) in [5.74, 6) is 1.16. The van der Waals surface area contributed by atoms with Gasteiger partial charge in [-0.1, -0.05) is 34.6 Å². The van der Waals surface area contributed by atoms with Crippen LogP contribution in [0.2, 0.25) is 0 Å². The molecule has 7 aliphatic rings. The molecule has 0 amide bonds. The van der Waals surface area contributed by atoms with Crippen molar-refractivity contribution in [1.29, 1.82) is 0 Å². The molecular weight excluding hydrogens is 685 g/mol. The highest BCUT2D eigenvalue weighted by atomic mass is 127. The molecule has 0 bridgehead atoms. The molecule has 9 heteroatoms. The third-order valence-electron chi connectivity index (χ3n) is 15.4. The first kappa shape index (κ1) is 33.5. The molecule has 45 heavy (non-hydrogen) atoms. The maximum Gasteiger partial charge on any atom is 0.303 e. The molecule has 14 atom stereocenters. The van der Waals surface area contributed by atoms with Crippen molar-refractivity contribution in [3.05, 3.63) is 0 Å². The number of aliphatic hydroxyl groups is 2. The van der Waals surface area contributed by atoms with Crippen molar-refractivity contribution in [2.45, 2.75) is 149 Å². The number of hydrogen-bond donors (Lipinski definition) is 2. The minimum Gasteiger partial charge on any atom is -0.457 e. The molecule has 8 nitrogen and oxygen atoms in total. The molecule has 7 fully saturated rings. The second kappa shape index (κ2) is 10.7. The SMILES string of the molecule is CC(=O)OC(C1C[C@@H](C)[C@H]2C(O1)[C@H](O)[C@@]1(C)C3CC[C@H]4C(C)(C)C(O[C@H]5CN(I)CCO5)CCC45CC35CCC21C)C(C)(C)O. The van der Waals surface area contributed by atoms with Crippen LogP contribution in [0.4, 0.5) is 0 Å². The smallest absolute Gasteiger partial charge is 0.303 e. The van der Waals surface area contributed by atoms with E-state index in [1.165, 1.54) is 32.6 Å². The molecule has 2 aliphatic heterocycles. The van der Waals surface area contributed by atoms with Gasteiger partial charge in [-0.15, -0.1) is 0 Å². The number of carbonyl (C=O) groups is 1. The first-order valence-electron chi connectivity index (χ1n) is 17.8. The number of morpholine rings is 1. The Bertz CT molecular complexity index is 1190. The minimum atomic E-state index is -1.25. The summed E-state index contributed by atoms with van der Waals surface area (Å²) in [5, 5.41) is 23.5. The van der Waals surface area contributed by atoms with Crippen LogP contribution in [0.25, 0.3) is 0 Å². The fraction of sp³-hybridized carbons (Fsp3) is 0.972. The lowest BCUT2D eigenvalue weighted by molar-refractivity contribution is -0.242. The van der Waals surface area contributed by atoms with Crippen LogP contribution in [-0.2, 0) is 23.7 Å². The van der Waals surface area contributed by atoms with Gasteiger partial charge in [0.2, 0.25) is 0 Å². The van der Waals surface area contributed by atoms with Gasteiger partial charge in [-0.2, -0.15) is 0 Å². The molecule has 256 valence electrons. The highest BCUT2D eigenvalue weighted by Gasteiger charge is 2.84. The summed E-state index contributed by atoms with van der Waals surface area (Å²) in [7, 11) is 0. The second-order valence-electron chi connectivity index (χ2n) is 18.0. The molecule has 2 N–H and O–H groups in total. The zero-order chi connectivity index (χ0) is 32.5. The number of hydrogen-bond acceptors (Lipinski definition) is 8. The van der Waals surface area contributed by atoms with Crippen molar-refractivity contribution < 1.29 is 34.0 Å². The number of carbonyl (C=O) groups excluding carboxylic acids is 1. The molecule has 2 heterocycles. The number of nitrogens with zero attached hydrogens (tertiary/aromatic N) is 1. The third-order valence-corrected chi connectivity index (χ3v) is 16.3. The standard InChI is InChI=1S/C36H58INO7/c1-20-17-22(30(32(5,6)41)43-21(2)39)44-28-27(20)33(7)13-14-36-19-35(36)12-11-25(45-26-18-38(37)15-16-42-26)31(3,4)23(35)9-10-24(36)34(33,8)29(28)40/h20,22-30,40-41H,9-19H2,1-8H3/t20-,22?,23+,24?,25?,26+,27+,28?,29+,30?,33?,34-,35?,36?/m1/s1. The van der Waals surface area contributed by atoms with E-state index >= 15 is 0 Å². The molecule has 5 aliphatic carbocycles. The zero-order valence-electron chi connectivity index (χ0n) is 28.8. The molecule has 0 aromatic carbocycles. The summed E-state index contributed by atoms with van der Waals surface area (Å²) in [6.45, 7) is 19.4. The van der Waals surface area contributed by atoms with Crippen LogP contribution in [0.1, 0.15) is 107 Å². The van der Waals surface area contributed by atoms with E-state index < -0.39 is 29.9 Å². The third kappa shape index (κ3) is 4.58. The number of rotatable bonds is 5. The van der Waals surface area contributed by atoms with Crippen LogP contribution in [-0.4, -0.2) is 81.4 Å². The van der Waals surface area contributed by atoms with E-state index in [1.807, 2.05) is 0 Å². The van der Waals surface area contributed by atoms with Crippen LogP contribution < -0.4 is 0 Å². The Balaban J connectivity index is 1.15. The summed E-state index contributed by atoms with van der Waals surface area (Å²) in [5.41, 5.74) is -0.876. The van der Waals surface area contributed by atoms with Crippen molar-refractivity contribution in [2.24, 2.45) is 50.7 Å². The van der Waals surface area contributed by atoms with Crippen LogP contribution in [0.5, 0.6) is 0 Å². The largest absolute Gasteiger partial charge is 0.457 e. The molecule has 0 radical (unpaired) electrons. The molecule has 2 saturated heterocycles. The van der Waals surface area contributed by atoms with Gasteiger partial charge in [-0.05, 0) is 111 Å². The maximum absolute atomic E-state index is 12.5. The number of ether oxygens (including phenoxy) is 4. The first-order chi connectivity index (χ1) is 20.9. The van der Waals surface area contributed by atoms with E-state index in [4.69, 9.17) is 18.9 Å². The quantitative estimate of drug-likeness (QED) is 0.205. The summed E-state index contributed by atoms with van der Waals surface area (Å²) in [6.07, 6.45) is 6.87. The van der Waals surface area contributed by atoms with E-state index in [0.29, 0.717) is 23.7 Å². The summed E-state index contributed by atoms with van der Waals surface area (Å²) < 4.78 is 27.6. The second-order valence-corrected chi connectivity index (χ2v) is 19.4. The van der Waals surface area contributed by atoms with Crippen molar-refractivity contribution in [2.75, 3.05) is 19.7 Å². The molecule has 0 aromatic heterocycles. The van der Waals surface area contributed by atoms with Crippen molar-refractivity contribution >= 4 is 28.8 Å². The molecule has 7 rings (SSSR count). The van der Waals surface area contributed by atoms with Gasteiger partial charge in [0.1, 0.15) is 0 Å². The van der Waals surface area contributed by atoms with E-state index in [1.54, 1.807) is 13.8 Å². The highest BCUT2D eigenvalue weighted by Crippen LogP contribution is 2.89. The normalized spacial score (nSPS) is 52.8. The van der Waals surface area contributed by atoms with Gasteiger partial charge in [-0.25, -0.2) is 3.11 Å². The average Bonchev–Trinajstić information content (AvgIpc) is 3.57. The van der Waals surface area contributed by atoms with Crippen LogP contribution in [0.15, 0.2) is 0 Å². The Morgan fingerprint density at radius 1 is 1.07 bits per heavy atom. The van der Waals surface area contributed by atoms with E-state index in [0.717, 1.165) is 39.0 Å². The molecular formula is C36H58INO7. The van der Waals surface area contributed by atoms with Crippen molar-refractivity contribution in [3.8, 4) is 0 Å². The van der Waals surface area contributed by atoms with Gasteiger partial charge in [-0.3, -0.25) is 4.79 Å². The number of halogens is 1. The predicted molar refractivity (Wildman–Crippen MR) is 178 cm³/mol. The first-order valence-corrected chi connectivity index (χ1v) is 18.8. The van der Waals surface area contributed by atoms with Gasteiger partial charge in [0.15, 0.2) is 12.4 Å². The van der Waals surface area contributed by atoms with E-state index in [9.17, 15) is 15.0 Å². The Morgan fingerprint density at radius 2 is 1.76 bits per heavy atom. The fourth-order valence-electron chi connectivity index (χ4n) is 13.5. The van der Waals surface area contributed by atoms with Crippen LogP contribution in [0.3, 0.4) is 0 Å².